The molecule has 1 fully saturated rings. The van der Waals surface area contributed by atoms with E-state index in [0.717, 1.165) is 37.4 Å². The van der Waals surface area contributed by atoms with Crippen molar-refractivity contribution in [3.05, 3.63) is 23.8 Å². The topological polar surface area (TPSA) is 70.1 Å². The SMILES string of the molecule is CN1CCOc2cc(C(=O)CCN3CCCC(C(=O)O)C3)ccc21. The van der Waals surface area contributed by atoms with Crippen LogP contribution in [0.3, 0.4) is 0 Å². The standard InChI is InChI=1S/C18H24N2O4/c1-19-9-10-24-17-11-13(4-5-15(17)19)16(21)6-8-20-7-2-3-14(12-20)18(22)23/h4-5,11,14H,2-3,6-10,12H2,1H3,(H,22,23). The number of hydrogen-bond donors (Lipinski definition) is 1. The van der Waals surface area contributed by atoms with Crippen LogP contribution in [0.25, 0.3) is 0 Å². The molecule has 0 bridgehead atoms. The number of ketones is 1. The zero-order chi connectivity index (χ0) is 17.1. The monoisotopic (exact) mass is 332 g/mol. The Balaban J connectivity index is 1.58. The van der Waals surface area contributed by atoms with Gasteiger partial charge in [0.1, 0.15) is 12.4 Å². The minimum Gasteiger partial charge on any atom is -0.490 e. The second kappa shape index (κ2) is 7.21. The molecule has 0 amide bonds. The van der Waals surface area contributed by atoms with Crippen LogP contribution in [-0.4, -0.2) is 61.6 Å². The maximum atomic E-state index is 12.5. The zero-order valence-electron chi connectivity index (χ0n) is 14.0. The minimum atomic E-state index is -0.734. The summed E-state index contributed by atoms with van der Waals surface area (Å²) < 4.78 is 5.65. The van der Waals surface area contributed by atoms with Gasteiger partial charge >= 0.3 is 5.97 Å². The number of rotatable bonds is 5. The number of carboxylic acids is 1. The molecule has 130 valence electrons. The Morgan fingerprint density at radius 1 is 1.33 bits per heavy atom. The van der Waals surface area contributed by atoms with Gasteiger partial charge in [-0.1, -0.05) is 0 Å². The van der Waals surface area contributed by atoms with Crippen molar-refractivity contribution >= 4 is 17.4 Å². The maximum absolute atomic E-state index is 12.5. The molecule has 2 aliphatic rings. The average molecular weight is 332 g/mol. The number of likely N-dealkylation sites (tertiary alicyclic amines) is 1. The number of fused-ring (bicyclic) bond motifs is 1. The quantitative estimate of drug-likeness (QED) is 0.830. The van der Waals surface area contributed by atoms with Crippen LogP contribution in [0.5, 0.6) is 5.75 Å². The predicted octanol–water partition coefficient (Wildman–Crippen LogP) is 1.88. The molecule has 1 N–H and O–H groups in total. The molecule has 1 unspecified atom stereocenters. The van der Waals surface area contributed by atoms with Crippen molar-refractivity contribution in [2.45, 2.75) is 19.3 Å². The number of likely N-dealkylation sites (N-methyl/N-ethyl adjacent to an activating group) is 1. The molecule has 0 aliphatic carbocycles. The lowest BCUT2D eigenvalue weighted by Crippen LogP contribution is -2.39. The lowest BCUT2D eigenvalue weighted by atomic mass is 9.98. The second-order valence-electron chi connectivity index (χ2n) is 6.60. The summed E-state index contributed by atoms with van der Waals surface area (Å²) in [4.78, 5) is 27.8. The molecule has 0 aromatic heterocycles. The van der Waals surface area contributed by atoms with E-state index in [0.29, 0.717) is 31.7 Å². The number of anilines is 1. The van der Waals surface area contributed by atoms with E-state index in [1.54, 1.807) is 0 Å². The fraction of sp³-hybridized carbons (Fsp3) is 0.556. The van der Waals surface area contributed by atoms with Crippen molar-refractivity contribution in [2.24, 2.45) is 5.92 Å². The number of nitrogens with zero attached hydrogens (tertiary/aromatic N) is 2. The zero-order valence-corrected chi connectivity index (χ0v) is 14.0. The summed E-state index contributed by atoms with van der Waals surface area (Å²) >= 11 is 0. The van der Waals surface area contributed by atoms with Gasteiger partial charge in [0, 0.05) is 32.1 Å². The Kier molecular flexibility index (Phi) is 5.04. The van der Waals surface area contributed by atoms with Crippen molar-refractivity contribution in [3.63, 3.8) is 0 Å². The predicted molar refractivity (Wildman–Crippen MR) is 91.0 cm³/mol. The molecule has 0 radical (unpaired) electrons. The average Bonchev–Trinajstić information content (AvgIpc) is 2.60. The summed E-state index contributed by atoms with van der Waals surface area (Å²) in [6.07, 6.45) is 2.01. The van der Waals surface area contributed by atoms with Gasteiger partial charge in [-0.05, 0) is 37.6 Å². The molecule has 6 heteroatoms. The number of piperidine rings is 1. The first-order valence-electron chi connectivity index (χ1n) is 8.51. The largest absolute Gasteiger partial charge is 0.490 e. The van der Waals surface area contributed by atoms with Crippen LogP contribution in [-0.2, 0) is 4.79 Å². The fourth-order valence-electron chi connectivity index (χ4n) is 3.40. The number of aliphatic carboxylic acids is 1. The van der Waals surface area contributed by atoms with Crippen LogP contribution in [0.15, 0.2) is 18.2 Å². The highest BCUT2D eigenvalue weighted by Crippen LogP contribution is 2.31. The molecule has 24 heavy (non-hydrogen) atoms. The highest BCUT2D eigenvalue weighted by molar-refractivity contribution is 5.97. The number of benzene rings is 1. The molecule has 0 spiro atoms. The van der Waals surface area contributed by atoms with Crippen molar-refractivity contribution in [3.8, 4) is 5.75 Å². The van der Waals surface area contributed by atoms with Gasteiger partial charge in [0.05, 0.1) is 18.2 Å². The van der Waals surface area contributed by atoms with Gasteiger partial charge in [-0.25, -0.2) is 0 Å². The summed E-state index contributed by atoms with van der Waals surface area (Å²) in [5.41, 5.74) is 1.67. The third kappa shape index (κ3) is 3.70. The Bertz CT molecular complexity index is 631. The van der Waals surface area contributed by atoms with Crippen LogP contribution >= 0.6 is 0 Å². The Morgan fingerprint density at radius 3 is 2.96 bits per heavy atom. The molecule has 1 saturated heterocycles. The van der Waals surface area contributed by atoms with Crippen molar-refractivity contribution in [1.29, 1.82) is 0 Å². The number of carbonyl (C=O) groups is 2. The van der Waals surface area contributed by atoms with E-state index in [4.69, 9.17) is 9.84 Å². The molecule has 2 aliphatic heterocycles. The van der Waals surface area contributed by atoms with Gasteiger partial charge < -0.3 is 19.6 Å². The molecule has 1 aromatic rings. The number of hydrogen-bond acceptors (Lipinski definition) is 5. The number of Topliss-reactive ketones (excluding diaryl/α,β-unsaturated/α-hetero) is 1. The highest BCUT2D eigenvalue weighted by atomic mass is 16.5. The molecule has 1 aromatic carbocycles. The van der Waals surface area contributed by atoms with Gasteiger partial charge in [-0.15, -0.1) is 0 Å². The molecular weight excluding hydrogens is 308 g/mol. The van der Waals surface area contributed by atoms with E-state index in [9.17, 15) is 9.59 Å². The number of carbonyl (C=O) groups excluding carboxylic acids is 1. The Labute approximate surface area is 142 Å². The molecule has 3 rings (SSSR count). The van der Waals surface area contributed by atoms with Crippen molar-refractivity contribution < 1.29 is 19.4 Å². The minimum absolute atomic E-state index is 0.0760. The van der Waals surface area contributed by atoms with Crippen LogP contribution in [0.2, 0.25) is 0 Å². The summed E-state index contributed by atoms with van der Waals surface area (Å²) in [7, 11) is 2.01. The Morgan fingerprint density at radius 2 is 2.17 bits per heavy atom. The molecule has 2 heterocycles. The lowest BCUT2D eigenvalue weighted by Gasteiger charge is -2.30. The van der Waals surface area contributed by atoms with Crippen LogP contribution < -0.4 is 9.64 Å². The van der Waals surface area contributed by atoms with Crippen molar-refractivity contribution in [1.82, 2.24) is 4.90 Å². The maximum Gasteiger partial charge on any atom is 0.307 e. The van der Waals surface area contributed by atoms with E-state index in [2.05, 4.69) is 9.80 Å². The van der Waals surface area contributed by atoms with Gasteiger partial charge in [0.25, 0.3) is 0 Å². The van der Waals surface area contributed by atoms with Gasteiger partial charge in [-0.2, -0.15) is 0 Å². The third-order valence-electron chi connectivity index (χ3n) is 4.89. The molecular formula is C18H24N2O4. The van der Waals surface area contributed by atoms with Crippen LogP contribution in [0.1, 0.15) is 29.6 Å². The van der Waals surface area contributed by atoms with Crippen molar-refractivity contribution in [2.75, 3.05) is 44.7 Å². The van der Waals surface area contributed by atoms with E-state index in [1.165, 1.54) is 0 Å². The van der Waals surface area contributed by atoms with Crippen LogP contribution in [0, 0.1) is 5.92 Å². The second-order valence-corrected chi connectivity index (χ2v) is 6.60. The summed E-state index contributed by atoms with van der Waals surface area (Å²) in [6.45, 7) is 3.50. The summed E-state index contributed by atoms with van der Waals surface area (Å²) in [5, 5.41) is 9.13. The van der Waals surface area contributed by atoms with Gasteiger partial charge in [-0.3, -0.25) is 9.59 Å². The van der Waals surface area contributed by atoms with E-state index in [1.807, 2.05) is 25.2 Å². The van der Waals surface area contributed by atoms with E-state index >= 15 is 0 Å². The summed E-state index contributed by atoms with van der Waals surface area (Å²) in [5.74, 6) is -0.200. The molecule has 1 atom stereocenters. The Hall–Kier alpha value is -2.08. The smallest absolute Gasteiger partial charge is 0.307 e. The highest BCUT2D eigenvalue weighted by Gasteiger charge is 2.25. The fourth-order valence-corrected chi connectivity index (χ4v) is 3.40. The lowest BCUT2D eigenvalue weighted by molar-refractivity contribution is -0.143. The number of carboxylic acid groups (broad SMARTS) is 1. The first kappa shape index (κ1) is 16.8. The van der Waals surface area contributed by atoms with Crippen LogP contribution in [0.4, 0.5) is 5.69 Å². The number of ether oxygens (including phenoxy) is 1. The third-order valence-corrected chi connectivity index (χ3v) is 4.89. The first-order chi connectivity index (χ1) is 11.5. The van der Waals surface area contributed by atoms with Gasteiger partial charge in [0.2, 0.25) is 0 Å². The van der Waals surface area contributed by atoms with E-state index < -0.39 is 5.97 Å². The van der Waals surface area contributed by atoms with E-state index in [-0.39, 0.29) is 11.7 Å². The normalized spacial score (nSPS) is 21.0. The molecule has 0 saturated carbocycles. The summed E-state index contributed by atoms with van der Waals surface area (Å²) in [6, 6.07) is 5.61. The van der Waals surface area contributed by atoms with Gasteiger partial charge in [0.15, 0.2) is 5.78 Å². The molecule has 6 nitrogen and oxygen atoms in total. The first-order valence-corrected chi connectivity index (χ1v) is 8.51.